The van der Waals surface area contributed by atoms with Crippen LogP contribution in [-0.2, 0) is 16.1 Å². The number of rotatable bonds is 4. The molecule has 2 rings (SSSR count). The van der Waals surface area contributed by atoms with Crippen LogP contribution >= 0.6 is 0 Å². The summed E-state index contributed by atoms with van der Waals surface area (Å²) >= 11 is 0. The highest BCUT2D eigenvalue weighted by Gasteiger charge is 2.16. The summed E-state index contributed by atoms with van der Waals surface area (Å²) in [5.74, 6) is 0.283. The van der Waals surface area contributed by atoms with Crippen molar-refractivity contribution in [2.75, 3.05) is 0 Å². The summed E-state index contributed by atoms with van der Waals surface area (Å²) in [6.45, 7) is 5.87. The smallest absolute Gasteiger partial charge is 0.308 e. The van der Waals surface area contributed by atoms with Crippen LogP contribution in [0.1, 0.15) is 27.2 Å². The second-order valence-electron chi connectivity index (χ2n) is 5.41. The van der Waals surface area contributed by atoms with Gasteiger partial charge in [0, 0.05) is 5.56 Å². The lowest BCUT2D eigenvalue weighted by Crippen LogP contribution is -2.24. The normalized spacial score (nSPS) is 11.3. The number of benzene rings is 1. The van der Waals surface area contributed by atoms with E-state index >= 15 is 0 Å². The maximum absolute atomic E-state index is 11.6. The molecule has 0 aliphatic carbocycles. The Morgan fingerprint density at radius 2 is 1.95 bits per heavy atom. The number of tetrazole rings is 1. The van der Waals surface area contributed by atoms with Crippen LogP contribution in [0.4, 0.5) is 0 Å². The molecule has 1 aromatic carbocycles. The standard InChI is InChI=1S/C14H18N4O2/c1-14(2,3)20-12(19)9-10-18-16-13(15-17-18)11-7-5-4-6-8-11/h4-8H,9-10H2,1-3H3. The fourth-order valence-corrected chi connectivity index (χ4v) is 1.62. The van der Waals surface area contributed by atoms with Crippen molar-refractivity contribution in [2.24, 2.45) is 0 Å². The van der Waals surface area contributed by atoms with E-state index in [1.165, 1.54) is 4.80 Å². The minimum Gasteiger partial charge on any atom is -0.460 e. The Labute approximate surface area is 117 Å². The maximum atomic E-state index is 11.6. The highest BCUT2D eigenvalue weighted by Crippen LogP contribution is 2.12. The number of esters is 1. The maximum Gasteiger partial charge on any atom is 0.308 e. The molecule has 0 N–H and O–H groups in total. The molecule has 0 unspecified atom stereocenters. The van der Waals surface area contributed by atoms with E-state index in [0.717, 1.165) is 5.56 Å². The predicted octanol–water partition coefficient (Wildman–Crippen LogP) is 2.07. The van der Waals surface area contributed by atoms with E-state index in [0.29, 0.717) is 12.4 Å². The Kier molecular flexibility index (Phi) is 4.12. The van der Waals surface area contributed by atoms with E-state index in [1.54, 1.807) is 0 Å². The van der Waals surface area contributed by atoms with Crippen molar-refractivity contribution in [1.82, 2.24) is 20.2 Å². The zero-order valence-corrected chi connectivity index (χ0v) is 11.9. The van der Waals surface area contributed by atoms with E-state index in [4.69, 9.17) is 4.74 Å². The molecular formula is C14H18N4O2. The van der Waals surface area contributed by atoms with Gasteiger partial charge in [-0.15, -0.1) is 10.2 Å². The van der Waals surface area contributed by atoms with E-state index in [2.05, 4.69) is 15.4 Å². The van der Waals surface area contributed by atoms with Gasteiger partial charge in [0.1, 0.15) is 5.60 Å². The Hall–Kier alpha value is -2.24. The molecule has 1 heterocycles. The second kappa shape index (κ2) is 5.81. The molecular weight excluding hydrogens is 256 g/mol. The van der Waals surface area contributed by atoms with Crippen molar-refractivity contribution in [2.45, 2.75) is 39.3 Å². The van der Waals surface area contributed by atoms with Gasteiger partial charge in [-0.1, -0.05) is 30.3 Å². The number of hydrogen-bond acceptors (Lipinski definition) is 5. The zero-order chi connectivity index (χ0) is 14.6. The van der Waals surface area contributed by atoms with Crippen LogP contribution in [0.3, 0.4) is 0 Å². The largest absolute Gasteiger partial charge is 0.460 e. The second-order valence-corrected chi connectivity index (χ2v) is 5.41. The van der Waals surface area contributed by atoms with Gasteiger partial charge in [0.2, 0.25) is 5.82 Å². The lowest BCUT2D eigenvalue weighted by atomic mass is 10.2. The van der Waals surface area contributed by atoms with E-state index in [-0.39, 0.29) is 12.4 Å². The van der Waals surface area contributed by atoms with Crippen LogP contribution in [0.25, 0.3) is 11.4 Å². The number of carbonyl (C=O) groups is 1. The van der Waals surface area contributed by atoms with Crippen LogP contribution in [0.15, 0.2) is 30.3 Å². The molecule has 0 bridgehead atoms. The molecule has 0 radical (unpaired) electrons. The molecule has 2 aromatic rings. The van der Waals surface area contributed by atoms with Gasteiger partial charge in [-0.05, 0) is 26.0 Å². The Morgan fingerprint density at radius 1 is 1.25 bits per heavy atom. The van der Waals surface area contributed by atoms with Gasteiger partial charge < -0.3 is 4.74 Å². The van der Waals surface area contributed by atoms with Gasteiger partial charge in [0.05, 0.1) is 13.0 Å². The average Bonchev–Trinajstić information content (AvgIpc) is 2.84. The number of carbonyl (C=O) groups excluding carboxylic acids is 1. The topological polar surface area (TPSA) is 69.9 Å². The summed E-state index contributed by atoms with van der Waals surface area (Å²) in [6, 6.07) is 9.58. The van der Waals surface area contributed by atoms with Gasteiger partial charge in [0.15, 0.2) is 0 Å². The summed E-state index contributed by atoms with van der Waals surface area (Å²) in [5, 5.41) is 12.1. The van der Waals surface area contributed by atoms with E-state index in [1.807, 2.05) is 51.1 Å². The number of nitrogens with zero attached hydrogens (tertiary/aromatic N) is 4. The minimum atomic E-state index is -0.470. The van der Waals surface area contributed by atoms with Crippen LogP contribution in [0.5, 0.6) is 0 Å². The molecule has 6 nitrogen and oxygen atoms in total. The van der Waals surface area contributed by atoms with Gasteiger partial charge in [-0.2, -0.15) is 4.80 Å². The molecule has 0 fully saturated rings. The van der Waals surface area contributed by atoms with Crippen LogP contribution in [0, 0.1) is 0 Å². The number of aromatic nitrogens is 4. The molecule has 20 heavy (non-hydrogen) atoms. The summed E-state index contributed by atoms with van der Waals surface area (Å²) in [7, 11) is 0. The lowest BCUT2D eigenvalue weighted by Gasteiger charge is -2.19. The average molecular weight is 274 g/mol. The molecule has 6 heteroatoms. The molecule has 0 saturated carbocycles. The summed E-state index contributed by atoms with van der Waals surface area (Å²) in [5.41, 5.74) is 0.429. The lowest BCUT2D eigenvalue weighted by molar-refractivity contribution is -0.155. The fraction of sp³-hybridized carbons (Fsp3) is 0.429. The zero-order valence-electron chi connectivity index (χ0n) is 11.9. The minimum absolute atomic E-state index is 0.224. The van der Waals surface area contributed by atoms with Crippen molar-refractivity contribution in [3.8, 4) is 11.4 Å². The fourth-order valence-electron chi connectivity index (χ4n) is 1.62. The van der Waals surface area contributed by atoms with Crippen LogP contribution in [0.2, 0.25) is 0 Å². The van der Waals surface area contributed by atoms with Crippen molar-refractivity contribution in [1.29, 1.82) is 0 Å². The first-order valence-electron chi connectivity index (χ1n) is 6.49. The molecule has 0 spiro atoms. The van der Waals surface area contributed by atoms with Crippen LogP contribution in [-0.4, -0.2) is 31.8 Å². The molecule has 1 aromatic heterocycles. The van der Waals surface area contributed by atoms with Crippen molar-refractivity contribution in [3.05, 3.63) is 30.3 Å². The molecule has 0 aliphatic rings. The monoisotopic (exact) mass is 274 g/mol. The number of hydrogen-bond donors (Lipinski definition) is 0. The van der Waals surface area contributed by atoms with Crippen molar-refractivity contribution >= 4 is 5.97 Å². The Bertz CT molecular complexity index is 572. The third-order valence-corrected chi connectivity index (χ3v) is 2.42. The SMILES string of the molecule is CC(C)(C)OC(=O)CCn1nnc(-c2ccccc2)n1. The van der Waals surface area contributed by atoms with Gasteiger partial charge in [-0.3, -0.25) is 4.79 Å². The molecule has 0 amide bonds. The molecule has 0 atom stereocenters. The third-order valence-electron chi connectivity index (χ3n) is 2.42. The summed E-state index contributed by atoms with van der Waals surface area (Å²) in [4.78, 5) is 13.0. The van der Waals surface area contributed by atoms with Crippen molar-refractivity contribution < 1.29 is 9.53 Å². The van der Waals surface area contributed by atoms with E-state index < -0.39 is 5.60 Å². The third kappa shape index (κ3) is 4.15. The van der Waals surface area contributed by atoms with Crippen LogP contribution < -0.4 is 0 Å². The quantitative estimate of drug-likeness (QED) is 0.798. The Balaban J connectivity index is 1.92. The predicted molar refractivity (Wildman–Crippen MR) is 73.7 cm³/mol. The Morgan fingerprint density at radius 3 is 2.60 bits per heavy atom. The van der Waals surface area contributed by atoms with Gasteiger partial charge in [-0.25, -0.2) is 0 Å². The molecule has 106 valence electrons. The summed E-state index contributed by atoms with van der Waals surface area (Å²) < 4.78 is 5.22. The number of aryl methyl sites for hydroxylation is 1. The number of ether oxygens (including phenoxy) is 1. The molecule has 0 saturated heterocycles. The first kappa shape index (κ1) is 14.2. The molecule has 0 aliphatic heterocycles. The first-order chi connectivity index (χ1) is 9.44. The summed E-state index contributed by atoms with van der Waals surface area (Å²) in [6.07, 6.45) is 0.224. The van der Waals surface area contributed by atoms with Gasteiger partial charge in [0.25, 0.3) is 0 Å². The van der Waals surface area contributed by atoms with Gasteiger partial charge >= 0.3 is 5.97 Å². The highest BCUT2D eigenvalue weighted by molar-refractivity contribution is 5.69. The van der Waals surface area contributed by atoms with E-state index in [9.17, 15) is 4.79 Å². The van der Waals surface area contributed by atoms with Crippen molar-refractivity contribution in [3.63, 3.8) is 0 Å². The first-order valence-corrected chi connectivity index (χ1v) is 6.49. The highest BCUT2D eigenvalue weighted by atomic mass is 16.6.